The lowest BCUT2D eigenvalue weighted by molar-refractivity contribution is 0.213. The van der Waals surface area contributed by atoms with Crippen LogP contribution in [0.5, 0.6) is 0 Å². The zero-order valence-electron chi connectivity index (χ0n) is 14.9. The average molecular weight is 346 g/mol. The van der Waals surface area contributed by atoms with Gasteiger partial charge in [0.1, 0.15) is 0 Å². The molecule has 0 saturated carbocycles. The van der Waals surface area contributed by atoms with E-state index >= 15 is 0 Å². The maximum Gasteiger partial charge on any atom is 0.319 e. The molecule has 0 radical (unpaired) electrons. The highest BCUT2D eigenvalue weighted by molar-refractivity contribution is 7.33. The number of rotatable bonds is 8. The Bertz CT molecular complexity index is 623. The van der Waals surface area contributed by atoms with Gasteiger partial charge in [-0.25, -0.2) is 0 Å². The highest BCUT2D eigenvalue weighted by Crippen LogP contribution is 2.28. The fourth-order valence-corrected chi connectivity index (χ4v) is 3.06. The van der Waals surface area contributed by atoms with E-state index in [1.807, 2.05) is 24.3 Å². The first kappa shape index (κ1) is 18.9. The number of hydrogen-bond acceptors (Lipinski definition) is 3. The fraction of sp³-hybridized carbons (Fsp3) is 0.400. The number of hydrogen-bond donors (Lipinski definition) is 0. The summed E-state index contributed by atoms with van der Waals surface area (Å²) in [5.74, 6) is 0.929. The molecule has 0 unspecified atom stereocenters. The van der Waals surface area contributed by atoms with E-state index in [0.717, 1.165) is 11.1 Å². The summed E-state index contributed by atoms with van der Waals surface area (Å²) in [5, 5.41) is 0. The van der Waals surface area contributed by atoms with Gasteiger partial charge in [0.15, 0.2) is 0 Å². The Balaban J connectivity index is 1.83. The van der Waals surface area contributed by atoms with Crippen molar-refractivity contribution >= 4 is 8.25 Å². The van der Waals surface area contributed by atoms with E-state index in [2.05, 4.69) is 52.0 Å². The molecule has 0 bridgehead atoms. The molecule has 4 heteroatoms. The molecule has 3 nitrogen and oxygen atoms in total. The molecule has 130 valence electrons. The molecule has 2 aromatic rings. The Hall–Kier alpha value is -1.41. The maximum atomic E-state index is 12.0. The van der Waals surface area contributed by atoms with Crippen LogP contribution in [0.4, 0.5) is 0 Å². The molecule has 2 aromatic carbocycles. The predicted octanol–water partition coefficient (Wildman–Crippen LogP) is 6.06. The van der Waals surface area contributed by atoms with E-state index in [-0.39, 0.29) is 0 Å². The molecular weight excluding hydrogens is 319 g/mol. The molecule has 24 heavy (non-hydrogen) atoms. The number of benzene rings is 2. The quantitative estimate of drug-likeness (QED) is 0.545. The third kappa shape index (κ3) is 5.90. The van der Waals surface area contributed by atoms with Gasteiger partial charge in [-0.3, -0.25) is 4.57 Å². The van der Waals surface area contributed by atoms with Crippen LogP contribution < -0.4 is 0 Å². The van der Waals surface area contributed by atoms with Gasteiger partial charge in [-0.2, -0.15) is 0 Å². The molecule has 0 fully saturated rings. The lowest BCUT2D eigenvalue weighted by Gasteiger charge is -2.10. The van der Waals surface area contributed by atoms with Crippen LogP contribution in [0, 0.1) is 0 Å². The van der Waals surface area contributed by atoms with Crippen molar-refractivity contribution in [2.45, 2.75) is 52.7 Å². The minimum Gasteiger partial charge on any atom is -0.306 e. The van der Waals surface area contributed by atoms with Gasteiger partial charge in [0, 0.05) is 0 Å². The van der Waals surface area contributed by atoms with Crippen LogP contribution in [0.15, 0.2) is 48.5 Å². The third-order valence-corrected chi connectivity index (χ3v) is 4.71. The van der Waals surface area contributed by atoms with Crippen LogP contribution in [0.2, 0.25) is 0 Å². The minimum atomic E-state index is -2.50. The standard InChI is InChI=1S/C20H27O3P/c1-15(2)19-9-5-7-17(11-19)13-22-24(21)23-14-18-8-6-10-20(12-18)16(3)4/h5-12,15-16,24H,13-14H2,1-4H3. The van der Waals surface area contributed by atoms with E-state index in [1.54, 1.807) is 0 Å². The monoisotopic (exact) mass is 346 g/mol. The summed E-state index contributed by atoms with van der Waals surface area (Å²) in [7, 11) is -2.50. The predicted molar refractivity (Wildman–Crippen MR) is 99.6 cm³/mol. The second-order valence-corrected chi connectivity index (χ2v) is 7.70. The lowest BCUT2D eigenvalue weighted by Crippen LogP contribution is -1.94. The Morgan fingerprint density at radius 3 is 1.58 bits per heavy atom. The molecule has 0 amide bonds. The second kappa shape index (κ2) is 9.17. The van der Waals surface area contributed by atoms with E-state index in [0.29, 0.717) is 25.0 Å². The minimum absolute atomic E-state index is 0.310. The molecule has 0 saturated heterocycles. The van der Waals surface area contributed by atoms with Gasteiger partial charge in [-0.1, -0.05) is 76.2 Å². The van der Waals surface area contributed by atoms with Gasteiger partial charge >= 0.3 is 8.25 Å². The van der Waals surface area contributed by atoms with Crippen LogP contribution in [0.1, 0.15) is 61.8 Å². The summed E-state index contributed by atoms with van der Waals surface area (Å²) < 4.78 is 22.7. The Labute approximate surface area is 146 Å². The van der Waals surface area contributed by atoms with Gasteiger partial charge in [-0.05, 0) is 34.1 Å². The molecule has 0 aliphatic heterocycles. The molecule has 0 atom stereocenters. The second-order valence-electron chi connectivity index (χ2n) is 6.63. The fourth-order valence-electron chi connectivity index (χ4n) is 2.41. The normalized spacial score (nSPS) is 11.6. The first-order valence-electron chi connectivity index (χ1n) is 8.43. The van der Waals surface area contributed by atoms with E-state index in [4.69, 9.17) is 9.05 Å². The zero-order valence-corrected chi connectivity index (χ0v) is 15.9. The molecule has 0 spiro atoms. The van der Waals surface area contributed by atoms with Crippen molar-refractivity contribution in [1.29, 1.82) is 0 Å². The summed E-state index contributed by atoms with van der Waals surface area (Å²) in [6.45, 7) is 9.22. The molecule has 0 heterocycles. The van der Waals surface area contributed by atoms with Crippen molar-refractivity contribution < 1.29 is 13.6 Å². The molecule has 0 aliphatic carbocycles. The average Bonchev–Trinajstić information content (AvgIpc) is 2.58. The third-order valence-electron chi connectivity index (χ3n) is 3.95. The van der Waals surface area contributed by atoms with Crippen molar-refractivity contribution in [3.05, 3.63) is 70.8 Å². The van der Waals surface area contributed by atoms with Crippen molar-refractivity contribution in [2.24, 2.45) is 0 Å². The molecule has 0 aliphatic rings. The van der Waals surface area contributed by atoms with Crippen molar-refractivity contribution in [2.75, 3.05) is 0 Å². The first-order chi connectivity index (χ1) is 11.5. The summed E-state index contributed by atoms with van der Waals surface area (Å²) in [4.78, 5) is 0. The zero-order chi connectivity index (χ0) is 17.5. The van der Waals surface area contributed by atoms with Gasteiger partial charge in [0.05, 0.1) is 13.2 Å². The Morgan fingerprint density at radius 2 is 1.21 bits per heavy atom. The van der Waals surface area contributed by atoms with Crippen LogP contribution in [0.25, 0.3) is 0 Å². The molecule has 2 rings (SSSR count). The SMILES string of the molecule is CC(C)c1cccc(CO[PH](=O)OCc2cccc(C(C)C)c2)c1. The maximum absolute atomic E-state index is 12.0. The highest BCUT2D eigenvalue weighted by atomic mass is 31.1. The topological polar surface area (TPSA) is 35.5 Å². The smallest absolute Gasteiger partial charge is 0.306 e. The van der Waals surface area contributed by atoms with E-state index < -0.39 is 8.25 Å². The van der Waals surface area contributed by atoms with Crippen molar-refractivity contribution in [1.82, 2.24) is 0 Å². The lowest BCUT2D eigenvalue weighted by atomic mass is 10.0. The molecule has 0 N–H and O–H groups in total. The van der Waals surface area contributed by atoms with Crippen molar-refractivity contribution in [3.63, 3.8) is 0 Å². The summed E-state index contributed by atoms with van der Waals surface area (Å²) in [6, 6.07) is 16.3. The van der Waals surface area contributed by atoms with Crippen molar-refractivity contribution in [3.8, 4) is 0 Å². The summed E-state index contributed by atoms with van der Waals surface area (Å²) in [5.41, 5.74) is 4.54. The van der Waals surface area contributed by atoms with Crippen LogP contribution in [-0.2, 0) is 26.8 Å². The summed E-state index contributed by atoms with van der Waals surface area (Å²) >= 11 is 0. The molecular formula is C20H27O3P. The van der Waals surface area contributed by atoms with Crippen LogP contribution >= 0.6 is 8.25 Å². The molecule has 0 aromatic heterocycles. The highest BCUT2D eigenvalue weighted by Gasteiger charge is 2.06. The van der Waals surface area contributed by atoms with Crippen LogP contribution in [-0.4, -0.2) is 0 Å². The summed E-state index contributed by atoms with van der Waals surface area (Å²) in [6.07, 6.45) is 0. The van der Waals surface area contributed by atoms with E-state index in [1.165, 1.54) is 11.1 Å². The van der Waals surface area contributed by atoms with Gasteiger partial charge in [-0.15, -0.1) is 0 Å². The van der Waals surface area contributed by atoms with Gasteiger partial charge in [0.25, 0.3) is 0 Å². The Kier molecular flexibility index (Phi) is 7.23. The van der Waals surface area contributed by atoms with Crippen LogP contribution in [0.3, 0.4) is 0 Å². The van der Waals surface area contributed by atoms with E-state index in [9.17, 15) is 4.57 Å². The largest absolute Gasteiger partial charge is 0.319 e. The first-order valence-corrected chi connectivity index (χ1v) is 9.65. The van der Waals surface area contributed by atoms with Gasteiger partial charge in [0.2, 0.25) is 0 Å². The van der Waals surface area contributed by atoms with Gasteiger partial charge < -0.3 is 9.05 Å². The Morgan fingerprint density at radius 1 is 0.792 bits per heavy atom.